The van der Waals surface area contributed by atoms with Gasteiger partial charge in [-0.05, 0) is 36.1 Å². The Balaban J connectivity index is 1.77. The Hall–Kier alpha value is -1.75. The van der Waals surface area contributed by atoms with E-state index in [1.807, 2.05) is 12.1 Å². The van der Waals surface area contributed by atoms with Gasteiger partial charge in [-0.2, -0.15) is 0 Å². The number of carbonyl (C=O) groups is 1. The van der Waals surface area contributed by atoms with E-state index in [0.29, 0.717) is 24.0 Å². The van der Waals surface area contributed by atoms with Gasteiger partial charge in [0.1, 0.15) is 0 Å². The highest BCUT2D eigenvalue weighted by Gasteiger charge is 2.41. The SMILES string of the molecule is O=C1OCC2Cc3cc4c(cc3CC12)ONO4. The van der Waals surface area contributed by atoms with Crippen molar-refractivity contribution in [2.45, 2.75) is 12.8 Å². The number of ether oxygens (including phenoxy) is 1. The minimum absolute atomic E-state index is 0.0239. The fourth-order valence-electron chi connectivity index (χ4n) is 2.87. The van der Waals surface area contributed by atoms with E-state index in [9.17, 15) is 4.79 Å². The molecule has 5 nitrogen and oxygen atoms in total. The molecule has 0 aromatic heterocycles. The predicted octanol–water partition coefficient (Wildman–Crippen LogP) is 0.765. The van der Waals surface area contributed by atoms with Crippen molar-refractivity contribution in [1.82, 2.24) is 5.64 Å². The van der Waals surface area contributed by atoms with Crippen LogP contribution in [0.3, 0.4) is 0 Å². The average Bonchev–Trinajstić information content (AvgIpc) is 2.91. The van der Waals surface area contributed by atoms with Crippen LogP contribution in [0.1, 0.15) is 11.1 Å². The topological polar surface area (TPSA) is 56.8 Å². The largest absolute Gasteiger partial charge is 0.465 e. The van der Waals surface area contributed by atoms with Crippen LogP contribution in [-0.4, -0.2) is 12.6 Å². The summed E-state index contributed by atoms with van der Waals surface area (Å²) in [4.78, 5) is 21.8. The molecule has 1 N–H and O–H groups in total. The second kappa shape index (κ2) is 3.13. The summed E-state index contributed by atoms with van der Waals surface area (Å²) in [7, 11) is 0. The molecule has 2 aliphatic heterocycles. The molecule has 0 saturated carbocycles. The van der Waals surface area contributed by atoms with Gasteiger partial charge in [0.15, 0.2) is 11.5 Å². The Bertz CT molecular complexity index is 513. The van der Waals surface area contributed by atoms with E-state index in [0.717, 1.165) is 18.4 Å². The molecule has 1 saturated heterocycles. The van der Waals surface area contributed by atoms with E-state index in [1.165, 1.54) is 5.56 Å². The number of hydrogen-bond donors (Lipinski definition) is 1. The van der Waals surface area contributed by atoms with E-state index < -0.39 is 0 Å². The quantitative estimate of drug-likeness (QED) is 0.670. The fraction of sp³-hybridized carbons (Fsp3) is 0.417. The number of fused-ring (bicyclic) bond motifs is 3. The van der Waals surface area contributed by atoms with Crippen molar-refractivity contribution in [2.24, 2.45) is 11.8 Å². The standard InChI is InChI=1S/C12H11NO4/c14-12-9-2-7-4-11-10(16-13-17-11)3-6(7)1-8(9)5-15-12/h3-4,8-9,13H,1-2,5H2. The van der Waals surface area contributed by atoms with Crippen molar-refractivity contribution in [1.29, 1.82) is 0 Å². The molecule has 0 bridgehead atoms. The number of nitrogens with one attached hydrogen (secondary N) is 1. The Morgan fingerprint density at radius 3 is 2.59 bits per heavy atom. The lowest BCUT2D eigenvalue weighted by atomic mass is 9.77. The highest BCUT2D eigenvalue weighted by molar-refractivity contribution is 5.76. The molecule has 88 valence electrons. The summed E-state index contributed by atoms with van der Waals surface area (Å²) in [6, 6.07) is 3.94. The van der Waals surface area contributed by atoms with Crippen LogP contribution >= 0.6 is 0 Å². The van der Waals surface area contributed by atoms with Crippen molar-refractivity contribution >= 4 is 5.97 Å². The van der Waals surface area contributed by atoms with Gasteiger partial charge >= 0.3 is 5.97 Å². The van der Waals surface area contributed by atoms with Gasteiger partial charge < -0.3 is 14.4 Å². The number of hydrogen-bond acceptors (Lipinski definition) is 5. The Kier molecular flexibility index (Phi) is 1.71. The summed E-state index contributed by atoms with van der Waals surface area (Å²) in [5.74, 6) is 1.69. The van der Waals surface area contributed by atoms with Crippen molar-refractivity contribution in [2.75, 3.05) is 6.61 Å². The third kappa shape index (κ3) is 1.26. The van der Waals surface area contributed by atoms with Crippen LogP contribution in [0.4, 0.5) is 0 Å². The zero-order valence-corrected chi connectivity index (χ0v) is 9.06. The fourth-order valence-corrected chi connectivity index (χ4v) is 2.87. The zero-order valence-electron chi connectivity index (χ0n) is 9.06. The molecule has 2 unspecified atom stereocenters. The summed E-state index contributed by atoms with van der Waals surface area (Å²) < 4.78 is 5.12. The summed E-state index contributed by atoms with van der Waals surface area (Å²) in [6.07, 6.45) is 1.62. The van der Waals surface area contributed by atoms with Gasteiger partial charge in [0.25, 0.3) is 0 Å². The number of rotatable bonds is 0. The lowest BCUT2D eigenvalue weighted by Gasteiger charge is -2.24. The third-order valence-electron chi connectivity index (χ3n) is 3.80. The number of carbonyl (C=O) groups excluding carboxylic acids is 1. The molecule has 17 heavy (non-hydrogen) atoms. The molecule has 2 heterocycles. The van der Waals surface area contributed by atoms with E-state index in [2.05, 4.69) is 5.64 Å². The predicted molar refractivity (Wildman–Crippen MR) is 56.2 cm³/mol. The van der Waals surface area contributed by atoms with Crippen LogP contribution in [0.2, 0.25) is 0 Å². The molecule has 1 fully saturated rings. The molecular formula is C12H11NO4. The first-order valence-electron chi connectivity index (χ1n) is 5.72. The van der Waals surface area contributed by atoms with Crippen molar-refractivity contribution in [3.05, 3.63) is 23.3 Å². The maximum Gasteiger partial charge on any atom is 0.309 e. The number of benzene rings is 1. The first-order valence-corrected chi connectivity index (χ1v) is 5.72. The van der Waals surface area contributed by atoms with E-state index >= 15 is 0 Å². The van der Waals surface area contributed by atoms with Crippen molar-refractivity contribution in [3.8, 4) is 11.5 Å². The molecule has 2 atom stereocenters. The minimum atomic E-state index is -0.0589. The van der Waals surface area contributed by atoms with Gasteiger partial charge in [0.05, 0.1) is 12.5 Å². The second-order valence-electron chi connectivity index (χ2n) is 4.76. The second-order valence-corrected chi connectivity index (χ2v) is 4.76. The van der Waals surface area contributed by atoms with Crippen molar-refractivity contribution < 1.29 is 19.2 Å². The summed E-state index contributed by atoms with van der Waals surface area (Å²) in [5, 5.41) is 0. The van der Waals surface area contributed by atoms with Crippen LogP contribution < -0.4 is 15.3 Å². The lowest BCUT2D eigenvalue weighted by Crippen LogP contribution is -2.25. The lowest BCUT2D eigenvalue weighted by molar-refractivity contribution is -0.141. The van der Waals surface area contributed by atoms with E-state index in [4.69, 9.17) is 14.4 Å². The molecule has 1 aromatic rings. The average molecular weight is 233 g/mol. The highest BCUT2D eigenvalue weighted by atomic mass is 16.9. The Labute approximate surface area is 97.6 Å². The third-order valence-corrected chi connectivity index (χ3v) is 3.80. The first kappa shape index (κ1) is 9.30. The van der Waals surface area contributed by atoms with E-state index in [-0.39, 0.29) is 11.9 Å². The van der Waals surface area contributed by atoms with Crippen molar-refractivity contribution in [3.63, 3.8) is 0 Å². The summed E-state index contributed by atoms with van der Waals surface area (Å²) >= 11 is 0. The van der Waals surface area contributed by atoms with Crippen LogP contribution in [0.5, 0.6) is 11.5 Å². The highest BCUT2D eigenvalue weighted by Crippen LogP contribution is 2.41. The van der Waals surface area contributed by atoms with Crippen LogP contribution in [0, 0.1) is 11.8 Å². The molecule has 0 radical (unpaired) electrons. The maximum absolute atomic E-state index is 11.6. The van der Waals surface area contributed by atoms with Gasteiger partial charge in [0, 0.05) is 11.6 Å². The van der Waals surface area contributed by atoms with Crippen LogP contribution in [-0.2, 0) is 22.4 Å². The molecule has 1 aromatic carbocycles. The van der Waals surface area contributed by atoms with Crippen LogP contribution in [0.15, 0.2) is 12.1 Å². The maximum atomic E-state index is 11.6. The smallest absolute Gasteiger partial charge is 0.309 e. The molecule has 3 aliphatic rings. The molecule has 0 amide bonds. The number of cyclic esters (lactones) is 1. The Morgan fingerprint density at radius 2 is 1.82 bits per heavy atom. The normalized spacial score (nSPS) is 28.6. The summed E-state index contributed by atoms with van der Waals surface area (Å²) in [6.45, 7) is 0.551. The van der Waals surface area contributed by atoms with Gasteiger partial charge in [-0.1, -0.05) is 0 Å². The van der Waals surface area contributed by atoms with Gasteiger partial charge in [-0.15, -0.1) is 0 Å². The van der Waals surface area contributed by atoms with Crippen LogP contribution in [0.25, 0.3) is 0 Å². The first-order chi connectivity index (χ1) is 8.31. The van der Waals surface area contributed by atoms with Gasteiger partial charge in [-0.3, -0.25) is 4.79 Å². The van der Waals surface area contributed by atoms with Gasteiger partial charge in [-0.25, -0.2) is 0 Å². The molecule has 5 heteroatoms. The molecule has 0 spiro atoms. The monoisotopic (exact) mass is 233 g/mol. The molecule has 1 aliphatic carbocycles. The van der Waals surface area contributed by atoms with E-state index in [1.54, 1.807) is 0 Å². The molecular weight excluding hydrogens is 222 g/mol. The zero-order chi connectivity index (χ0) is 11.4. The summed E-state index contributed by atoms with van der Waals surface area (Å²) in [5.41, 5.74) is 4.77. The minimum Gasteiger partial charge on any atom is -0.465 e. The Morgan fingerprint density at radius 1 is 1.12 bits per heavy atom. The molecule has 4 rings (SSSR count). The number of esters is 1. The van der Waals surface area contributed by atoms with Gasteiger partial charge in [0.2, 0.25) is 0 Å².